The third-order valence-electron chi connectivity index (χ3n) is 1.26. The van der Waals surface area contributed by atoms with Crippen molar-refractivity contribution in [2.24, 2.45) is 5.84 Å². The zero-order valence-corrected chi connectivity index (χ0v) is 7.78. The molecule has 1 aromatic rings. The second-order valence-corrected chi connectivity index (χ2v) is 3.09. The van der Waals surface area contributed by atoms with Gasteiger partial charge in [0.15, 0.2) is 0 Å². The van der Waals surface area contributed by atoms with Crippen LogP contribution in [-0.2, 0) is 0 Å². The minimum atomic E-state index is 0.469. The molecular weight excluding hydrogens is 197 g/mol. The number of anilines is 1. The summed E-state index contributed by atoms with van der Waals surface area (Å²) in [5.74, 6) is 5.07. The van der Waals surface area contributed by atoms with Crippen molar-refractivity contribution in [1.82, 2.24) is 5.43 Å². The van der Waals surface area contributed by atoms with Gasteiger partial charge < -0.3 is 5.32 Å². The van der Waals surface area contributed by atoms with Crippen LogP contribution in [0.5, 0.6) is 0 Å². The summed E-state index contributed by atoms with van der Waals surface area (Å²) in [5, 5.41) is 4.17. The van der Waals surface area contributed by atoms with Crippen molar-refractivity contribution in [2.45, 2.75) is 0 Å². The highest BCUT2D eigenvalue weighted by Gasteiger charge is 1.95. The van der Waals surface area contributed by atoms with Crippen molar-refractivity contribution in [3.8, 4) is 0 Å². The first-order valence-electron chi connectivity index (χ1n) is 3.36. The van der Waals surface area contributed by atoms with Crippen LogP contribution in [0.25, 0.3) is 0 Å². The van der Waals surface area contributed by atoms with E-state index in [-0.39, 0.29) is 0 Å². The quantitative estimate of drug-likeness (QED) is 0.401. The molecule has 0 bridgehead atoms. The van der Waals surface area contributed by atoms with Crippen molar-refractivity contribution < 1.29 is 0 Å². The van der Waals surface area contributed by atoms with E-state index in [2.05, 4.69) is 10.7 Å². The zero-order chi connectivity index (χ0) is 8.97. The first kappa shape index (κ1) is 9.61. The molecule has 0 aliphatic carbocycles. The molecule has 0 amide bonds. The molecule has 0 aromatic heterocycles. The van der Waals surface area contributed by atoms with Crippen molar-refractivity contribution in [2.75, 3.05) is 12.0 Å². The van der Waals surface area contributed by atoms with Crippen LogP contribution < -0.4 is 16.6 Å². The summed E-state index contributed by atoms with van der Waals surface area (Å²) in [4.78, 5) is 0. The summed E-state index contributed by atoms with van der Waals surface area (Å²) in [6.07, 6.45) is 0. The summed E-state index contributed by atoms with van der Waals surface area (Å²) in [6, 6.07) is 5.21. The van der Waals surface area contributed by atoms with Crippen LogP contribution in [0.3, 0.4) is 0 Å². The minimum Gasteiger partial charge on any atom is -0.371 e. The van der Waals surface area contributed by atoms with Gasteiger partial charge in [-0.1, -0.05) is 23.2 Å². The molecule has 0 unspecified atom stereocenters. The van der Waals surface area contributed by atoms with Gasteiger partial charge in [0.05, 0.1) is 6.67 Å². The second kappa shape index (κ2) is 4.52. The van der Waals surface area contributed by atoms with Gasteiger partial charge in [0, 0.05) is 15.7 Å². The third-order valence-corrected chi connectivity index (χ3v) is 1.69. The molecule has 66 valence electrons. The number of halogens is 2. The van der Waals surface area contributed by atoms with Crippen LogP contribution in [0.4, 0.5) is 5.69 Å². The first-order chi connectivity index (χ1) is 5.72. The van der Waals surface area contributed by atoms with E-state index in [0.29, 0.717) is 16.7 Å². The molecule has 0 saturated heterocycles. The minimum absolute atomic E-state index is 0.469. The number of nitrogens with two attached hydrogens (primary N) is 1. The maximum absolute atomic E-state index is 5.75. The Morgan fingerprint density at radius 3 is 2.25 bits per heavy atom. The molecule has 1 rings (SSSR count). The van der Waals surface area contributed by atoms with Crippen molar-refractivity contribution in [3.63, 3.8) is 0 Å². The number of nitrogens with one attached hydrogen (secondary N) is 2. The van der Waals surface area contributed by atoms with Crippen LogP contribution in [0.2, 0.25) is 10.0 Å². The topological polar surface area (TPSA) is 50.1 Å². The van der Waals surface area contributed by atoms with Crippen LogP contribution in [0.15, 0.2) is 18.2 Å². The van der Waals surface area contributed by atoms with Gasteiger partial charge in [0.2, 0.25) is 0 Å². The Labute approximate surface area is 80.8 Å². The molecule has 3 nitrogen and oxygen atoms in total. The van der Waals surface area contributed by atoms with Crippen LogP contribution >= 0.6 is 23.2 Å². The molecule has 0 heterocycles. The van der Waals surface area contributed by atoms with Crippen molar-refractivity contribution in [1.29, 1.82) is 0 Å². The Balaban J connectivity index is 2.72. The molecule has 4 N–H and O–H groups in total. The SMILES string of the molecule is NNCNc1cc(Cl)cc(Cl)c1. The lowest BCUT2D eigenvalue weighted by molar-refractivity contribution is 0.790. The van der Waals surface area contributed by atoms with E-state index in [1.54, 1.807) is 18.2 Å². The Morgan fingerprint density at radius 1 is 1.17 bits per heavy atom. The second-order valence-electron chi connectivity index (χ2n) is 2.22. The molecule has 0 aliphatic heterocycles. The molecule has 5 heteroatoms. The molecular formula is C7H9Cl2N3. The molecule has 0 radical (unpaired) electrons. The van der Waals surface area contributed by atoms with Crippen LogP contribution in [0.1, 0.15) is 0 Å². The lowest BCUT2D eigenvalue weighted by Crippen LogP contribution is -2.28. The average molecular weight is 206 g/mol. The van der Waals surface area contributed by atoms with E-state index in [1.807, 2.05) is 0 Å². The molecule has 0 aliphatic rings. The van der Waals surface area contributed by atoms with Gasteiger partial charge in [-0.15, -0.1) is 0 Å². The Hall–Kier alpha value is -0.480. The fourth-order valence-electron chi connectivity index (χ4n) is 0.809. The smallest absolute Gasteiger partial charge is 0.0780 e. The van der Waals surface area contributed by atoms with E-state index < -0.39 is 0 Å². The maximum Gasteiger partial charge on any atom is 0.0780 e. The highest BCUT2D eigenvalue weighted by Crippen LogP contribution is 2.21. The van der Waals surface area contributed by atoms with E-state index in [1.165, 1.54) is 0 Å². The number of rotatable bonds is 3. The van der Waals surface area contributed by atoms with Crippen LogP contribution in [-0.4, -0.2) is 6.67 Å². The van der Waals surface area contributed by atoms with Gasteiger partial charge in [-0.3, -0.25) is 5.84 Å². The molecule has 0 fully saturated rings. The highest BCUT2D eigenvalue weighted by molar-refractivity contribution is 6.35. The summed E-state index contributed by atoms with van der Waals surface area (Å²) in [6.45, 7) is 0.469. The monoisotopic (exact) mass is 205 g/mol. The third kappa shape index (κ3) is 2.87. The largest absolute Gasteiger partial charge is 0.371 e. The fraction of sp³-hybridized carbons (Fsp3) is 0.143. The molecule has 0 saturated carbocycles. The summed E-state index contributed by atoms with van der Waals surface area (Å²) in [5.41, 5.74) is 3.30. The number of hydrogen-bond acceptors (Lipinski definition) is 3. The van der Waals surface area contributed by atoms with E-state index in [0.717, 1.165) is 5.69 Å². The molecule has 0 spiro atoms. The Kier molecular flexibility index (Phi) is 3.62. The van der Waals surface area contributed by atoms with E-state index in [4.69, 9.17) is 29.0 Å². The summed E-state index contributed by atoms with van der Waals surface area (Å²) in [7, 11) is 0. The lowest BCUT2D eigenvalue weighted by Gasteiger charge is -2.05. The number of benzene rings is 1. The molecule has 12 heavy (non-hydrogen) atoms. The fourth-order valence-corrected chi connectivity index (χ4v) is 1.34. The molecule has 1 aromatic carbocycles. The maximum atomic E-state index is 5.75. The van der Waals surface area contributed by atoms with E-state index >= 15 is 0 Å². The zero-order valence-electron chi connectivity index (χ0n) is 6.27. The van der Waals surface area contributed by atoms with Gasteiger partial charge in [0.25, 0.3) is 0 Å². The van der Waals surface area contributed by atoms with E-state index in [9.17, 15) is 0 Å². The van der Waals surface area contributed by atoms with Gasteiger partial charge in [-0.05, 0) is 18.2 Å². The van der Waals surface area contributed by atoms with Gasteiger partial charge in [-0.2, -0.15) is 0 Å². The predicted molar refractivity (Wildman–Crippen MR) is 52.3 cm³/mol. The number of hydrazine groups is 1. The number of hydrogen-bond donors (Lipinski definition) is 3. The normalized spacial score (nSPS) is 9.92. The van der Waals surface area contributed by atoms with Gasteiger partial charge in [0.1, 0.15) is 0 Å². The Bertz CT molecular complexity index is 245. The molecule has 0 atom stereocenters. The van der Waals surface area contributed by atoms with Crippen molar-refractivity contribution in [3.05, 3.63) is 28.2 Å². The van der Waals surface area contributed by atoms with Crippen LogP contribution in [0, 0.1) is 0 Å². The standard InChI is InChI=1S/C7H9Cl2N3/c8-5-1-6(9)3-7(2-5)11-4-12-10/h1-3,11-12H,4,10H2. The summed E-state index contributed by atoms with van der Waals surface area (Å²) >= 11 is 11.5. The first-order valence-corrected chi connectivity index (χ1v) is 4.11. The highest BCUT2D eigenvalue weighted by atomic mass is 35.5. The van der Waals surface area contributed by atoms with Crippen molar-refractivity contribution >= 4 is 28.9 Å². The average Bonchev–Trinajstić information content (AvgIpc) is 1.99. The van der Waals surface area contributed by atoms with Gasteiger partial charge in [-0.25, -0.2) is 5.43 Å². The Morgan fingerprint density at radius 2 is 1.75 bits per heavy atom. The van der Waals surface area contributed by atoms with Gasteiger partial charge >= 0.3 is 0 Å². The summed E-state index contributed by atoms with van der Waals surface area (Å²) < 4.78 is 0. The predicted octanol–water partition coefficient (Wildman–Crippen LogP) is 1.83. The lowest BCUT2D eigenvalue weighted by atomic mass is 10.3.